The fourth-order valence-corrected chi connectivity index (χ4v) is 1.95. The Bertz CT molecular complexity index is 460. The summed E-state index contributed by atoms with van der Waals surface area (Å²) in [6.45, 7) is 2.00. The van der Waals surface area contributed by atoms with Crippen LogP contribution in [0.3, 0.4) is 0 Å². The lowest BCUT2D eigenvalue weighted by Crippen LogP contribution is -2.29. The standard InChI is InChI=1S/C14H15FO3/c1-2-18-13(17)14(7-8-14)12(16)9-10-3-5-11(15)6-4-10/h3-6H,2,7-9H2,1H3. The van der Waals surface area contributed by atoms with Gasteiger partial charge in [0.15, 0.2) is 5.78 Å². The lowest BCUT2D eigenvalue weighted by atomic mass is 9.95. The van der Waals surface area contributed by atoms with Gasteiger partial charge in [0.1, 0.15) is 11.2 Å². The van der Waals surface area contributed by atoms with Crippen LogP contribution in [0.4, 0.5) is 4.39 Å². The quantitative estimate of drug-likeness (QED) is 0.595. The van der Waals surface area contributed by atoms with E-state index in [-0.39, 0.29) is 24.6 Å². The summed E-state index contributed by atoms with van der Waals surface area (Å²) in [4.78, 5) is 23.8. The van der Waals surface area contributed by atoms with E-state index in [1.165, 1.54) is 12.1 Å². The molecule has 1 aliphatic rings. The van der Waals surface area contributed by atoms with Gasteiger partial charge in [-0.15, -0.1) is 0 Å². The molecule has 0 bridgehead atoms. The second kappa shape index (κ2) is 4.88. The first-order valence-corrected chi connectivity index (χ1v) is 6.03. The Kier molecular flexibility index (Phi) is 3.45. The summed E-state index contributed by atoms with van der Waals surface area (Å²) in [6, 6.07) is 5.75. The number of ether oxygens (including phenoxy) is 1. The van der Waals surface area contributed by atoms with Crippen molar-refractivity contribution >= 4 is 11.8 Å². The molecule has 2 rings (SSSR count). The number of halogens is 1. The number of hydrogen-bond acceptors (Lipinski definition) is 3. The number of carbonyl (C=O) groups excluding carboxylic acids is 2. The number of carbonyl (C=O) groups is 2. The van der Waals surface area contributed by atoms with Gasteiger partial charge in [-0.25, -0.2) is 4.39 Å². The van der Waals surface area contributed by atoms with Crippen LogP contribution in [0.5, 0.6) is 0 Å². The maximum absolute atomic E-state index is 12.7. The highest BCUT2D eigenvalue weighted by molar-refractivity contribution is 6.07. The summed E-state index contributed by atoms with van der Waals surface area (Å²) in [7, 11) is 0. The molecule has 0 aromatic heterocycles. The molecular weight excluding hydrogens is 235 g/mol. The second-order valence-corrected chi connectivity index (χ2v) is 4.53. The number of esters is 1. The lowest BCUT2D eigenvalue weighted by molar-refractivity contribution is -0.153. The van der Waals surface area contributed by atoms with Crippen molar-refractivity contribution in [2.45, 2.75) is 26.2 Å². The smallest absolute Gasteiger partial charge is 0.319 e. The number of benzene rings is 1. The Balaban J connectivity index is 2.04. The summed E-state index contributed by atoms with van der Waals surface area (Å²) < 4.78 is 17.7. The van der Waals surface area contributed by atoms with E-state index < -0.39 is 11.4 Å². The van der Waals surface area contributed by atoms with Crippen LogP contribution in [0.1, 0.15) is 25.3 Å². The van der Waals surface area contributed by atoms with Gasteiger partial charge in [-0.3, -0.25) is 9.59 Å². The first-order chi connectivity index (χ1) is 8.58. The van der Waals surface area contributed by atoms with E-state index in [4.69, 9.17) is 4.74 Å². The zero-order chi connectivity index (χ0) is 13.2. The molecule has 1 aromatic rings. The van der Waals surface area contributed by atoms with E-state index in [1.807, 2.05) is 0 Å². The summed E-state index contributed by atoms with van der Waals surface area (Å²) in [5, 5.41) is 0. The largest absolute Gasteiger partial charge is 0.465 e. The predicted molar refractivity (Wildman–Crippen MR) is 63.4 cm³/mol. The van der Waals surface area contributed by atoms with Gasteiger partial charge < -0.3 is 4.74 Å². The van der Waals surface area contributed by atoms with E-state index in [1.54, 1.807) is 19.1 Å². The first kappa shape index (κ1) is 12.7. The molecule has 1 aliphatic carbocycles. The third-order valence-corrected chi connectivity index (χ3v) is 3.23. The molecule has 0 saturated heterocycles. The Morgan fingerprint density at radius 3 is 2.39 bits per heavy atom. The number of hydrogen-bond donors (Lipinski definition) is 0. The molecule has 0 aliphatic heterocycles. The molecule has 0 unspecified atom stereocenters. The average molecular weight is 250 g/mol. The number of rotatable bonds is 5. The fraction of sp³-hybridized carbons (Fsp3) is 0.429. The average Bonchev–Trinajstić information content (AvgIpc) is 3.14. The highest BCUT2D eigenvalue weighted by Gasteiger charge is 2.56. The van der Waals surface area contributed by atoms with Crippen molar-refractivity contribution in [1.82, 2.24) is 0 Å². The summed E-state index contributed by atoms with van der Waals surface area (Å²) in [5.74, 6) is -0.887. The Morgan fingerprint density at radius 2 is 1.89 bits per heavy atom. The minimum absolute atomic E-state index is 0.132. The number of ketones is 1. The van der Waals surface area contributed by atoms with Crippen molar-refractivity contribution in [3.05, 3.63) is 35.6 Å². The molecule has 0 heterocycles. The van der Waals surface area contributed by atoms with Crippen LogP contribution < -0.4 is 0 Å². The molecule has 0 spiro atoms. The van der Waals surface area contributed by atoms with Crippen LogP contribution in [0.2, 0.25) is 0 Å². The molecule has 0 radical (unpaired) electrons. The zero-order valence-electron chi connectivity index (χ0n) is 10.2. The second-order valence-electron chi connectivity index (χ2n) is 4.53. The molecule has 1 fully saturated rings. The normalized spacial score (nSPS) is 16.1. The molecule has 96 valence electrons. The predicted octanol–water partition coefficient (Wildman–Crippen LogP) is 2.28. The van der Waals surface area contributed by atoms with Crippen LogP contribution in [0.25, 0.3) is 0 Å². The zero-order valence-corrected chi connectivity index (χ0v) is 10.2. The van der Waals surface area contributed by atoms with Gasteiger partial charge in [0.2, 0.25) is 0 Å². The first-order valence-electron chi connectivity index (χ1n) is 6.03. The fourth-order valence-electron chi connectivity index (χ4n) is 1.95. The SMILES string of the molecule is CCOC(=O)C1(C(=O)Cc2ccc(F)cc2)CC1. The van der Waals surface area contributed by atoms with Crippen LogP contribution in [0, 0.1) is 11.2 Å². The van der Waals surface area contributed by atoms with Gasteiger partial charge in [0.25, 0.3) is 0 Å². The van der Waals surface area contributed by atoms with Crippen molar-refractivity contribution in [3.8, 4) is 0 Å². The van der Waals surface area contributed by atoms with Crippen LogP contribution in [0.15, 0.2) is 24.3 Å². The van der Waals surface area contributed by atoms with E-state index in [0.29, 0.717) is 12.8 Å². The van der Waals surface area contributed by atoms with Gasteiger partial charge in [-0.2, -0.15) is 0 Å². The van der Waals surface area contributed by atoms with Crippen LogP contribution >= 0.6 is 0 Å². The van der Waals surface area contributed by atoms with Gasteiger partial charge in [0, 0.05) is 6.42 Å². The van der Waals surface area contributed by atoms with E-state index in [0.717, 1.165) is 5.56 Å². The maximum atomic E-state index is 12.7. The van der Waals surface area contributed by atoms with E-state index >= 15 is 0 Å². The van der Waals surface area contributed by atoms with Crippen molar-refractivity contribution < 1.29 is 18.7 Å². The van der Waals surface area contributed by atoms with Crippen LogP contribution in [-0.2, 0) is 20.7 Å². The van der Waals surface area contributed by atoms with E-state index in [2.05, 4.69) is 0 Å². The topological polar surface area (TPSA) is 43.4 Å². The van der Waals surface area contributed by atoms with Gasteiger partial charge >= 0.3 is 5.97 Å². The van der Waals surface area contributed by atoms with Crippen molar-refractivity contribution in [2.75, 3.05) is 6.61 Å². The Hall–Kier alpha value is -1.71. The molecule has 0 atom stereocenters. The van der Waals surface area contributed by atoms with Crippen molar-refractivity contribution in [3.63, 3.8) is 0 Å². The number of Topliss-reactive ketones (excluding diaryl/α,β-unsaturated/α-hetero) is 1. The maximum Gasteiger partial charge on any atom is 0.319 e. The molecule has 1 saturated carbocycles. The molecule has 1 aromatic carbocycles. The molecule has 0 N–H and O–H groups in total. The van der Waals surface area contributed by atoms with Crippen LogP contribution in [-0.4, -0.2) is 18.4 Å². The summed E-state index contributed by atoms with van der Waals surface area (Å²) in [6.07, 6.45) is 1.27. The van der Waals surface area contributed by atoms with E-state index in [9.17, 15) is 14.0 Å². The molecule has 0 amide bonds. The highest BCUT2D eigenvalue weighted by atomic mass is 19.1. The van der Waals surface area contributed by atoms with Gasteiger partial charge in [0.05, 0.1) is 6.61 Å². The Morgan fingerprint density at radius 1 is 1.28 bits per heavy atom. The van der Waals surface area contributed by atoms with Gasteiger partial charge in [-0.05, 0) is 37.5 Å². The molecule has 4 heteroatoms. The van der Waals surface area contributed by atoms with Crippen molar-refractivity contribution in [1.29, 1.82) is 0 Å². The van der Waals surface area contributed by atoms with Gasteiger partial charge in [-0.1, -0.05) is 12.1 Å². The molecule has 3 nitrogen and oxygen atoms in total. The summed E-state index contributed by atoms with van der Waals surface area (Å²) >= 11 is 0. The minimum Gasteiger partial charge on any atom is -0.465 e. The monoisotopic (exact) mass is 250 g/mol. The minimum atomic E-state index is -0.926. The molecular formula is C14H15FO3. The van der Waals surface area contributed by atoms with Crippen molar-refractivity contribution in [2.24, 2.45) is 5.41 Å². The third kappa shape index (κ3) is 2.42. The third-order valence-electron chi connectivity index (χ3n) is 3.23. The highest BCUT2D eigenvalue weighted by Crippen LogP contribution is 2.48. The lowest BCUT2D eigenvalue weighted by Gasteiger charge is -2.12. The molecule has 18 heavy (non-hydrogen) atoms. The Labute approximate surface area is 105 Å². The summed E-state index contributed by atoms with van der Waals surface area (Å²) in [5.41, 5.74) is -0.207.